The molecule has 1 N–H and O–H groups in total. The molecular weight excluding hydrogens is 418 g/mol. The molecule has 4 rings (SSSR count). The second-order valence-corrected chi connectivity index (χ2v) is 7.37. The first-order valence-electron chi connectivity index (χ1n) is 7.72. The lowest BCUT2D eigenvalue weighted by molar-refractivity contribution is -0.116. The number of hydrogen-bond donors (Lipinski definition) is 1. The molecule has 132 valence electrons. The van der Waals surface area contributed by atoms with Gasteiger partial charge >= 0.3 is 0 Å². The molecule has 2 aromatic heterocycles. The van der Waals surface area contributed by atoms with Gasteiger partial charge in [-0.1, -0.05) is 4.49 Å². The number of carbonyl (C=O) groups excluding carboxylic acids is 1. The Labute approximate surface area is 161 Å². The van der Waals surface area contributed by atoms with E-state index in [1.165, 1.54) is 11.5 Å². The number of aromatic nitrogens is 3. The highest BCUT2D eigenvalue weighted by atomic mass is 79.9. The van der Waals surface area contributed by atoms with Crippen molar-refractivity contribution in [2.45, 2.75) is 6.92 Å². The number of aryl methyl sites for hydroxylation is 2. The van der Waals surface area contributed by atoms with Gasteiger partial charge in [0.2, 0.25) is 0 Å². The maximum atomic E-state index is 12.4. The standard InChI is InChI=1S/C17H14BrN5O2S/c1-8-16(26-22-19-8)15-10(17(24)21-20-15)6-9-7-23(2)11-4-5-12(25-3)14(18)13(9)11/h4-7H,1-3H3,(H,21,24)/b10-6-. The van der Waals surface area contributed by atoms with E-state index in [4.69, 9.17) is 4.74 Å². The minimum absolute atomic E-state index is 0.246. The molecule has 9 heteroatoms. The highest BCUT2D eigenvalue weighted by Crippen LogP contribution is 2.37. The van der Waals surface area contributed by atoms with Gasteiger partial charge in [-0.25, -0.2) is 5.43 Å². The molecule has 3 heterocycles. The largest absolute Gasteiger partial charge is 0.496 e. The molecule has 1 aliphatic heterocycles. The van der Waals surface area contributed by atoms with Crippen LogP contribution in [0.1, 0.15) is 16.1 Å². The Morgan fingerprint density at radius 1 is 1.38 bits per heavy atom. The summed E-state index contributed by atoms with van der Waals surface area (Å²) in [7, 11) is 3.59. The minimum atomic E-state index is -0.246. The number of hydrogen-bond acceptors (Lipinski definition) is 6. The quantitative estimate of drug-likeness (QED) is 0.646. The number of rotatable bonds is 3. The molecule has 1 amide bonds. The SMILES string of the molecule is COc1ccc2c(c(/C=C3\C(=O)NN=C3c3snnc3C)cn2C)c1Br. The average Bonchev–Trinajstić information content (AvgIpc) is 3.28. The van der Waals surface area contributed by atoms with E-state index in [-0.39, 0.29) is 5.91 Å². The Bertz CT molecular complexity index is 1110. The third-order valence-corrected chi connectivity index (χ3v) is 5.86. The molecule has 0 unspecified atom stereocenters. The molecule has 7 nitrogen and oxygen atoms in total. The fourth-order valence-electron chi connectivity index (χ4n) is 2.97. The number of halogens is 1. The molecule has 0 radical (unpaired) electrons. The minimum Gasteiger partial charge on any atom is -0.496 e. The predicted molar refractivity (Wildman–Crippen MR) is 104 cm³/mol. The van der Waals surface area contributed by atoms with Crippen molar-refractivity contribution in [2.75, 3.05) is 7.11 Å². The van der Waals surface area contributed by atoms with E-state index >= 15 is 0 Å². The fourth-order valence-corrected chi connectivity index (χ4v) is 4.36. The van der Waals surface area contributed by atoms with Gasteiger partial charge < -0.3 is 9.30 Å². The first-order chi connectivity index (χ1) is 12.5. The Hall–Kier alpha value is -2.52. The van der Waals surface area contributed by atoms with Gasteiger partial charge in [0.1, 0.15) is 11.5 Å². The Morgan fingerprint density at radius 2 is 2.19 bits per heavy atom. The van der Waals surface area contributed by atoms with Crippen LogP contribution in [0.2, 0.25) is 0 Å². The number of nitrogens with one attached hydrogen (secondary N) is 1. The number of ether oxygens (including phenoxy) is 1. The Kier molecular flexibility index (Phi) is 4.12. The normalized spacial score (nSPS) is 15.6. The van der Waals surface area contributed by atoms with Gasteiger partial charge in [-0.15, -0.1) is 5.10 Å². The maximum Gasteiger partial charge on any atom is 0.273 e. The number of amides is 1. The van der Waals surface area contributed by atoms with Gasteiger partial charge in [0.15, 0.2) is 0 Å². The molecule has 0 fully saturated rings. The Balaban J connectivity index is 1.92. The molecule has 0 atom stereocenters. The average molecular weight is 432 g/mol. The molecule has 0 aliphatic carbocycles. The molecule has 0 saturated heterocycles. The van der Waals surface area contributed by atoms with Crippen molar-refractivity contribution in [3.63, 3.8) is 0 Å². The molecule has 1 aliphatic rings. The number of fused-ring (bicyclic) bond motifs is 1. The van der Waals surface area contributed by atoms with Crippen LogP contribution in [0.3, 0.4) is 0 Å². The summed E-state index contributed by atoms with van der Waals surface area (Å²) >= 11 is 4.84. The smallest absolute Gasteiger partial charge is 0.273 e. The summed E-state index contributed by atoms with van der Waals surface area (Å²) in [5, 5.41) is 9.16. The summed E-state index contributed by atoms with van der Waals surface area (Å²) in [4.78, 5) is 13.2. The second-order valence-electron chi connectivity index (χ2n) is 5.82. The third-order valence-electron chi connectivity index (χ3n) is 4.24. The first kappa shape index (κ1) is 16.9. The molecule has 26 heavy (non-hydrogen) atoms. The summed E-state index contributed by atoms with van der Waals surface area (Å²) in [5.74, 6) is 0.486. The zero-order valence-corrected chi connectivity index (χ0v) is 16.6. The van der Waals surface area contributed by atoms with Crippen molar-refractivity contribution in [1.82, 2.24) is 19.6 Å². The fraction of sp³-hybridized carbons (Fsp3) is 0.176. The number of nitrogens with zero attached hydrogens (tertiary/aromatic N) is 4. The van der Waals surface area contributed by atoms with Gasteiger partial charge in [0.05, 0.1) is 27.7 Å². The topological polar surface area (TPSA) is 81.4 Å². The van der Waals surface area contributed by atoms with E-state index in [2.05, 4.69) is 36.0 Å². The van der Waals surface area contributed by atoms with Crippen molar-refractivity contribution >= 4 is 56.1 Å². The summed E-state index contributed by atoms with van der Waals surface area (Å²) in [6, 6.07) is 3.90. The van der Waals surface area contributed by atoms with Crippen LogP contribution in [0.5, 0.6) is 5.75 Å². The number of methoxy groups -OCH3 is 1. The first-order valence-corrected chi connectivity index (χ1v) is 9.29. The van der Waals surface area contributed by atoms with Gasteiger partial charge in [-0.2, -0.15) is 5.10 Å². The lowest BCUT2D eigenvalue weighted by Crippen LogP contribution is -2.13. The van der Waals surface area contributed by atoms with Crippen LogP contribution >= 0.6 is 27.5 Å². The third kappa shape index (κ3) is 2.55. The molecule has 3 aromatic rings. The summed E-state index contributed by atoms with van der Waals surface area (Å²) in [5.41, 5.74) is 6.26. The highest BCUT2D eigenvalue weighted by Gasteiger charge is 2.27. The van der Waals surface area contributed by atoms with E-state index in [1.54, 1.807) is 7.11 Å². The van der Waals surface area contributed by atoms with Crippen molar-refractivity contribution < 1.29 is 9.53 Å². The molecule has 1 aromatic carbocycles. The molecule has 0 bridgehead atoms. The number of carbonyl (C=O) groups is 1. The summed E-state index contributed by atoms with van der Waals surface area (Å²) < 4.78 is 12.2. The van der Waals surface area contributed by atoms with Crippen molar-refractivity contribution in [3.05, 3.63) is 44.5 Å². The zero-order chi connectivity index (χ0) is 18.4. The van der Waals surface area contributed by atoms with Crippen LogP contribution in [0.15, 0.2) is 33.5 Å². The predicted octanol–water partition coefficient (Wildman–Crippen LogP) is 3.03. The lowest BCUT2D eigenvalue weighted by Gasteiger charge is -2.06. The lowest BCUT2D eigenvalue weighted by atomic mass is 10.0. The van der Waals surface area contributed by atoms with Crippen LogP contribution in [-0.2, 0) is 11.8 Å². The number of benzene rings is 1. The van der Waals surface area contributed by atoms with Crippen molar-refractivity contribution in [2.24, 2.45) is 12.1 Å². The monoisotopic (exact) mass is 431 g/mol. The Morgan fingerprint density at radius 3 is 2.88 bits per heavy atom. The van der Waals surface area contributed by atoms with Crippen LogP contribution < -0.4 is 10.2 Å². The summed E-state index contributed by atoms with van der Waals surface area (Å²) in [6.07, 6.45) is 3.82. The maximum absolute atomic E-state index is 12.4. The van der Waals surface area contributed by atoms with Crippen LogP contribution in [0.4, 0.5) is 0 Å². The second kappa shape index (κ2) is 6.33. The van der Waals surface area contributed by atoms with E-state index in [1.807, 2.05) is 42.9 Å². The van der Waals surface area contributed by atoms with Crippen molar-refractivity contribution in [1.29, 1.82) is 0 Å². The van der Waals surface area contributed by atoms with Gasteiger partial charge in [-0.3, -0.25) is 4.79 Å². The molecule has 0 spiro atoms. The van der Waals surface area contributed by atoms with E-state index < -0.39 is 0 Å². The zero-order valence-electron chi connectivity index (χ0n) is 14.2. The van der Waals surface area contributed by atoms with Crippen LogP contribution in [0, 0.1) is 6.92 Å². The molecule has 0 saturated carbocycles. The van der Waals surface area contributed by atoms with Gasteiger partial charge in [-0.05, 0) is 52.6 Å². The van der Waals surface area contributed by atoms with E-state index in [0.717, 1.165) is 37.3 Å². The van der Waals surface area contributed by atoms with E-state index in [0.29, 0.717) is 11.3 Å². The van der Waals surface area contributed by atoms with E-state index in [9.17, 15) is 4.79 Å². The van der Waals surface area contributed by atoms with Crippen LogP contribution in [-0.4, -0.2) is 32.9 Å². The highest BCUT2D eigenvalue weighted by molar-refractivity contribution is 9.10. The van der Waals surface area contributed by atoms with Gasteiger partial charge in [0.25, 0.3) is 5.91 Å². The number of hydrazone groups is 1. The van der Waals surface area contributed by atoms with Crippen LogP contribution in [0.25, 0.3) is 17.0 Å². The summed E-state index contributed by atoms with van der Waals surface area (Å²) in [6.45, 7) is 1.85. The van der Waals surface area contributed by atoms with Crippen molar-refractivity contribution in [3.8, 4) is 5.75 Å². The molecular formula is C17H14BrN5O2S. The van der Waals surface area contributed by atoms with Gasteiger partial charge in [0, 0.05) is 29.7 Å².